The van der Waals surface area contributed by atoms with E-state index in [2.05, 4.69) is 15.6 Å². The van der Waals surface area contributed by atoms with Crippen molar-refractivity contribution in [3.05, 3.63) is 47.3 Å². The van der Waals surface area contributed by atoms with Crippen molar-refractivity contribution < 1.29 is 27.2 Å². The fraction of sp³-hybridized carbons (Fsp3) is 0.375. The number of nitrogens with zero attached hydrogens (tertiary/aromatic N) is 4. The Bertz CT molecular complexity index is 885. The Morgan fingerprint density at radius 3 is 2.70 bits per heavy atom. The molecule has 11 heteroatoms. The summed E-state index contributed by atoms with van der Waals surface area (Å²) in [6, 6.07) is 1.51. The van der Waals surface area contributed by atoms with Gasteiger partial charge in [0.1, 0.15) is 0 Å². The molecule has 0 bridgehead atoms. The molecule has 0 radical (unpaired) electrons. The van der Waals surface area contributed by atoms with E-state index in [-0.39, 0.29) is 17.8 Å². The minimum Gasteiger partial charge on any atom is -0.354 e. The number of rotatable bonds is 4. The van der Waals surface area contributed by atoms with Crippen molar-refractivity contribution in [2.75, 3.05) is 13.6 Å². The van der Waals surface area contributed by atoms with Crippen molar-refractivity contribution in [1.82, 2.24) is 25.2 Å². The van der Waals surface area contributed by atoms with E-state index >= 15 is 0 Å². The number of carbonyl (C=O) groups is 2. The van der Waals surface area contributed by atoms with Crippen LogP contribution in [0.2, 0.25) is 0 Å². The summed E-state index contributed by atoms with van der Waals surface area (Å²) in [5.74, 6) is -6.85. The van der Waals surface area contributed by atoms with Crippen LogP contribution in [0.4, 0.5) is 17.6 Å². The summed E-state index contributed by atoms with van der Waals surface area (Å²) in [7, 11) is 1.40. The second-order valence-corrected chi connectivity index (χ2v) is 6.18. The van der Waals surface area contributed by atoms with Gasteiger partial charge in [0.15, 0.2) is 17.3 Å². The number of amides is 2. The van der Waals surface area contributed by atoms with Crippen LogP contribution in [0.25, 0.3) is 0 Å². The maximum absolute atomic E-state index is 13.9. The van der Waals surface area contributed by atoms with Crippen molar-refractivity contribution in [3.63, 3.8) is 0 Å². The molecule has 7 nitrogen and oxygen atoms in total. The van der Waals surface area contributed by atoms with E-state index in [0.717, 1.165) is 17.0 Å². The van der Waals surface area contributed by atoms with Crippen molar-refractivity contribution in [2.24, 2.45) is 0 Å². The molecule has 1 saturated heterocycles. The summed E-state index contributed by atoms with van der Waals surface area (Å²) < 4.78 is 55.5. The molecule has 1 aromatic carbocycles. The van der Waals surface area contributed by atoms with Crippen LogP contribution < -0.4 is 5.32 Å². The Kier molecular flexibility index (Phi) is 4.85. The lowest BCUT2D eigenvalue weighted by atomic mass is 10.1. The lowest BCUT2D eigenvalue weighted by molar-refractivity contribution is 0.0117. The minimum atomic E-state index is -3.14. The fourth-order valence-corrected chi connectivity index (χ4v) is 2.93. The van der Waals surface area contributed by atoms with E-state index in [1.54, 1.807) is 0 Å². The monoisotopic (exact) mass is 385 g/mol. The highest BCUT2D eigenvalue weighted by molar-refractivity contribution is 5.94. The zero-order chi connectivity index (χ0) is 19.8. The summed E-state index contributed by atoms with van der Waals surface area (Å²) in [6.45, 7) is -0.985. The predicted molar refractivity (Wildman–Crippen MR) is 84.2 cm³/mol. The van der Waals surface area contributed by atoms with Crippen LogP contribution in [0.5, 0.6) is 0 Å². The Balaban J connectivity index is 1.82. The molecule has 3 rings (SSSR count). The zero-order valence-corrected chi connectivity index (χ0v) is 14.1. The van der Waals surface area contributed by atoms with Crippen molar-refractivity contribution in [1.29, 1.82) is 0 Å². The Hall–Kier alpha value is -2.98. The molecule has 0 spiro atoms. The standard InChI is InChI=1S/C16H15F4N5O2/c1-21-14(26)13-7-24(23-22-13)6-10-5-16(19,20)8-25(10)15(27)9-2-3-11(17)12(18)4-9/h2-4,7,10H,5-6,8H2,1H3,(H,21,26)/t10-/m0/s1. The number of aromatic nitrogens is 3. The van der Waals surface area contributed by atoms with Crippen molar-refractivity contribution in [2.45, 2.75) is 24.9 Å². The Morgan fingerprint density at radius 2 is 2.04 bits per heavy atom. The molecule has 0 saturated carbocycles. The topological polar surface area (TPSA) is 80.1 Å². The van der Waals surface area contributed by atoms with Gasteiger partial charge in [-0.05, 0) is 18.2 Å². The number of halogens is 4. The number of carbonyl (C=O) groups excluding carboxylic acids is 2. The first kappa shape index (κ1) is 18.8. The zero-order valence-electron chi connectivity index (χ0n) is 14.1. The normalized spacial score (nSPS) is 18.6. The van der Waals surface area contributed by atoms with Gasteiger partial charge in [-0.2, -0.15) is 0 Å². The first-order valence-electron chi connectivity index (χ1n) is 7.96. The quantitative estimate of drug-likeness (QED) is 0.809. The van der Waals surface area contributed by atoms with Crippen LogP contribution >= 0.6 is 0 Å². The van der Waals surface area contributed by atoms with Crippen LogP contribution in [0.15, 0.2) is 24.4 Å². The minimum absolute atomic E-state index is 0.000685. The van der Waals surface area contributed by atoms with Gasteiger partial charge in [-0.1, -0.05) is 5.21 Å². The third kappa shape index (κ3) is 3.91. The molecule has 2 amide bonds. The number of likely N-dealkylation sites (tertiary alicyclic amines) is 1. The van der Waals surface area contributed by atoms with Crippen LogP contribution in [0.3, 0.4) is 0 Å². The van der Waals surface area contributed by atoms with Gasteiger partial charge in [0.2, 0.25) is 0 Å². The van der Waals surface area contributed by atoms with E-state index in [0.29, 0.717) is 6.07 Å². The van der Waals surface area contributed by atoms with Gasteiger partial charge in [0.05, 0.1) is 25.3 Å². The van der Waals surface area contributed by atoms with E-state index in [4.69, 9.17) is 0 Å². The first-order chi connectivity index (χ1) is 12.7. The molecule has 0 unspecified atom stereocenters. The maximum atomic E-state index is 13.9. The van der Waals surface area contributed by atoms with Gasteiger partial charge in [-0.15, -0.1) is 5.10 Å². The summed E-state index contributed by atoms with van der Waals surface area (Å²) in [4.78, 5) is 25.0. The summed E-state index contributed by atoms with van der Waals surface area (Å²) >= 11 is 0. The highest BCUT2D eigenvalue weighted by Crippen LogP contribution is 2.34. The second-order valence-electron chi connectivity index (χ2n) is 6.18. The van der Waals surface area contributed by atoms with E-state index < -0.39 is 48.4 Å². The van der Waals surface area contributed by atoms with Crippen LogP contribution in [0, 0.1) is 11.6 Å². The molecule has 1 aliphatic heterocycles. The van der Waals surface area contributed by atoms with Crippen molar-refractivity contribution in [3.8, 4) is 0 Å². The summed E-state index contributed by atoms with van der Waals surface area (Å²) in [5, 5.41) is 9.69. The number of nitrogens with one attached hydrogen (secondary N) is 1. The molecule has 1 fully saturated rings. The van der Waals surface area contributed by atoms with Gasteiger partial charge in [0.25, 0.3) is 17.7 Å². The molecule has 27 heavy (non-hydrogen) atoms. The highest BCUT2D eigenvalue weighted by atomic mass is 19.3. The number of alkyl halides is 2. The molecule has 1 atom stereocenters. The van der Waals surface area contributed by atoms with E-state index in [9.17, 15) is 27.2 Å². The van der Waals surface area contributed by atoms with Gasteiger partial charge in [0, 0.05) is 19.0 Å². The molecule has 1 aromatic heterocycles. The first-order valence-corrected chi connectivity index (χ1v) is 7.96. The molecular formula is C16H15F4N5O2. The predicted octanol–water partition coefficient (Wildman–Crippen LogP) is 1.47. The third-order valence-corrected chi connectivity index (χ3v) is 4.20. The molecule has 1 aliphatic rings. The second kappa shape index (κ2) is 6.97. The number of hydrogen-bond donors (Lipinski definition) is 1. The smallest absolute Gasteiger partial charge is 0.273 e. The number of benzene rings is 1. The number of hydrogen-bond acceptors (Lipinski definition) is 4. The van der Waals surface area contributed by atoms with Crippen LogP contribution in [-0.4, -0.2) is 57.3 Å². The molecule has 2 heterocycles. The Labute approximate surface area is 150 Å². The van der Waals surface area contributed by atoms with Crippen LogP contribution in [0.1, 0.15) is 27.3 Å². The van der Waals surface area contributed by atoms with E-state index in [1.165, 1.54) is 17.9 Å². The average Bonchev–Trinajstić information content (AvgIpc) is 3.20. The fourth-order valence-electron chi connectivity index (χ4n) is 2.93. The average molecular weight is 385 g/mol. The van der Waals surface area contributed by atoms with Gasteiger partial charge in [-0.25, -0.2) is 22.2 Å². The van der Waals surface area contributed by atoms with Gasteiger partial charge >= 0.3 is 0 Å². The molecule has 1 N–H and O–H groups in total. The third-order valence-electron chi connectivity index (χ3n) is 4.20. The highest BCUT2D eigenvalue weighted by Gasteiger charge is 2.47. The molecule has 0 aliphatic carbocycles. The lowest BCUT2D eigenvalue weighted by Crippen LogP contribution is -2.39. The van der Waals surface area contributed by atoms with Crippen molar-refractivity contribution >= 4 is 11.8 Å². The van der Waals surface area contributed by atoms with Gasteiger partial charge in [-0.3, -0.25) is 9.59 Å². The maximum Gasteiger partial charge on any atom is 0.273 e. The van der Waals surface area contributed by atoms with Gasteiger partial charge < -0.3 is 10.2 Å². The molecule has 2 aromatic rings. The SMILES string of the molecule is CNC(=O)c1cn(C[C@@H]2CC(F)(F)CN2C(=O)c2ccc(F)c(F)c2)nn1. The Morgan fingerprint density at radius 1 is 1.30 bits per heavy atom. The summed E-state index contributed by atoms with van der Waals surface area (Å²) in [6.07, 6.45) is 0.646. The summed E-state index contributed by atoms with van der Waals surface area (Å²) in [5.41, 5.74) is -0.234. The molecular weight excluding hydrogens is 370 g/mol. The van der Waals surface area contributed by atoms with Crippen LogP contribution in [-0.2, 0) is 6.54 Å². The molecule has 144 valence electrons. The lowest BCUT2D eigenvalue weighted by Gasteiger charge is -2.23. The van der Waals surface area contributed by atoms with E-state index in [1.807, 2.05) is 0 Å². The largest absolute Gasteiger partial charge is 0.354 e.